The molecule has 13 heavy (non-hydrogen) atoms. The molecule has 0 bridgehead atoms. The van der Waals surface area contributed by atoms with E-state index in [1.54, 1.807) is 6.92 Å². The minimum absolute atomic E-state index is 0.181. The maximum absolute atomic E-state index is 11.1. The molecule has 0 unspecified atom stereocenters. The molecule has 0 aliphatic carbocycles. The van der Waals surface area contributed by atoms with Crippen LogP contribution in [0.1, 0.15) is 12.6 Å². The molecule has 0 fully saturated rings. The third kappa shape index (κ3) is 3.02. The number of thioether (sulfide) groups is 1. The van der Waals surface area contributed by atoms with Crippen molar-refractivity contribution in [1.29, 1.82) is 0 Å². The number of rotatable bonds is 3. The van der Waals surface area contributed by atoms with Crippen LogP contribution < -0.4 is 5.56 Å². The van der Waals surface area contributed by atoms with Gasteiger partial charge < -0.3 is 0 Å². The van der Waals surface area contributed by atoms with Crippen LogP contribution in [0, 0.1) is 6.92 Å². The molecule has 4 nitrogen and oxygen atoms in total. The van der Waals surface area contributed by atoms with Crippen molar-refractivity contribution in [2.75, 3.05) is 5.75 Å². The predicted octanol–water partition coefficient (Wildman–Crippen LogP) is 1.14. The summed E-state index contributed by atoms with van der Waals surface area (Å²) >= 11 is 1.42. The van der Waals surface area contributed by atoms with E-state index in [2.05, 4.69) is 21.8 Å². The van der Waals surface area contributed by atoms with E-state index in [1.807, 2.05) is 6.92 Å². The summed E-state index contributed by atoms with van der Waals surface area (Å²) in [4.78, 5) is 13.7. The Morgan fingerprint density at radius 3 is 2.85 bits per heavy atom. The lowest BCUT2D eigenvalue weighted by molar-refractivity contribution is 0.790. The SMILES string of the molecule is C=C(C)CSc1nnc(C)c(=O)[nH]1. The van der Waals surface area contributed by atoms with E-state index in [0.717, 1.165) is 11.3 Å². The molecule has 0 atom stereocenters. The fraction of sp³-hybridized carbons (Fsp3) is 0.375. The standard InChI is InChI=1S/C8H11N3OS/c1-5(2)4-13-8-9-7(12)6(3)10-11-8/h1,4H2,2-3H3,(H,9,11,12). The second kappa shape index (κ2) is 4.23. The Hall–Kier alpha value is -1.10. The van der Waals surface area contributed by atoms with Crippen molar-refractivity contribution in [3.8, 4) is 0 Å². The normalized spacial score (nSPS) is 10.0. The highest BCUT2D eigenvalue weighted by atomic mass is 32.2. The van der Waals surface area contributed by atoms with E-state index in [9.17, 15) is 4.79 Å². The van der Waals surface area contributed by atoms with Gasteiger partial charge in [-0.2, -0.15) is 0 Å². The fourth-order valence-corrected chi connectivity index (χ4v) is 1.28. The number of nitrogens with zero attached hydrogens (tertiary/aromatic N) is 2. The minimum atomic E-state index is -0.181. The highest BCUT2D eigenvalue weighted by Crippen LogP contribution is 2.12. The van der Waals surface area contributed by atoms with Gasteiger partial charge in [-0.1, -0.05) is 23.9 Å². The largest absolute Gasteiger partial charge is 0.298 e. The van der Waals surface area contributed by atoms with Crippen LogP contribution in [0.4, 0.5) is 0 Å². The molecule has 0 spiro atoms. The first-order valence-corrected chi connectivity index (χ1v) is 4.79. The van der Waals surface area contributed by atoms with E-state index < -0.39 is 0 Å². The quantitative estimate of drug-likeness (QED) is 0.583. The molecule has 1 heterocycles. The van der Waals surface area contributed by atoms with Gasteiger partial charge >= 0.3 is 0 Å². The topological polar surface area (TPSA) is 58.6 Å². The van der Waals surface area contributed by atoms with Crippen molar-refractivity contribution in [2.45, 2.75) is 19.0 Å². The Labute approximate surface area is 80.5 Å². The first-order chi connectivity index (χ1) is 6.09. The molecule has 1 N–H and O–H groups in total. The van der Waals surface area contributed by atoms with E-state index in [4.69, 9.17) is 0 Å². The lowest BCUT2D eigenvalue weighted by Gasteiger charge is -1.98. The van der Waals surface area contributed by atoms with Gasteiger partial charge in [-0.3, -0.25) is 9.78 Å². The molecule has 0 saturated carbocycles. The summed E-state index contributed by atoms with van der Waals surface area (Å²) in [6.07, 6.45) is 0. The molecule has 0 radical (unpaired) electrons. The van der Waals surface area contributed by atoms with Crippen molar-refractivity contribution >= 4 is 11.8 Å². The molecule has 0 aliphatic heterocycles. The Kier molecular flexibility index (Phi) is 3.25. The Morgan fingerprint density at radius 1 is 1.62 bits per heavy atom. The zero-order chi connectivity index (χ0) is 9.84. The number of hydrogen-bond donors (Lipinski definition) is 1. The monoisotopic (exact) mass is 197 g/mol. The summed E-state index contributed by atoms with van der Waals surface area (Å²) in [6, 6.07) is 0. The number of nitrogens with one attached hydrogen (secondary N) is 1. The van der Waals surface area contributed by atoms with Crippen LogP contribution in [0.2, 0.25) is 0 Å². The molecule has 1 aromatic heterocycles. The molecule has 1 aromatic rings. The lowest BCUT2D eigenvalue weighted by atomic mass is 10.4. The van der Waals surface area contributed by atoms with Crippen molar-refractivity contribution in [1.82, 2.24) is 15.2 Å². The van der Waals surface area contributed by atoms with E-state index in [0.29, 0.717) is 10.9 Å². The number of aromatic amines is 1. The van der Waals surface area contributed by atoms with Gasteiger partial charge in [0, 0.05) is 5.75 Å². The summed E-state index contributed by atoms with van der Waals surface area (Å²) in [5.74, 6) is 0.744. The van der Waals surface area contributed by atoms with Crippen molar-refractivity contribution in [3.63, 3.8) is 0 Å². The maximum Gasteiger partial charge on any atom is 0.273 e. The minimum Gasteiger partial charge on any atom is -0.298 e. The third-order valence-corrected chi connectivity index (χ3v) is 2.39. The van der Waals surface area contributed by atoms with Gasteiger partial charge in [-0.15, -0.1) is 10.2 Å². The molecular formula is C8H11N3OS. The average Bonchev–Trinajstić information content (AvgIpc) is 2.07. The molecular weight excluding hydrogens is 186 g/mol. The molecule has 1 rings (SSSR count). The van der Waals surface area contributed by atoms with Crippen LogP contribution in [-0.2, 0) is 0 Å². The van der Waals surface area contributed by atoms with E-state index >= 15 is 0 Å². The van der Waals surface area contributed by atoms with Crippen LogP contribution in [0.25, 0.3) is 0 Å². The van der Waals surface area contributed by atoms with Crippen LogP contribution >= 0.6 is 11.8 Å². The molecule has 0 aromatic carbocycles. The Balaban J connectivity index is 2.74. The first-order valence-electron chi connectivity index (χ1n) is 3.80. The lowest BCUT2D eigenvalue weighted by Crippen LogP contribution is -2.14. The van der Waals surface area contributed by atoms with Gasteiger partial charge in [0.05, 0.1) is 0 Å². The van der Waals surface area contributed by atoms with Gasteiger partial charge in [-0.05, 0) is 13.8 Å². The second-order valence-electron chi connectivity index (χ2n) is 2.79. The summed E-state index contributed by atoms with van der Waals surface area (Å²) in [5, 5.41) is 8.08. The van der Waals surface area contributed by atoms with Crippen LogP contribution in [0.5, 0.6) is 0 Å². The maximum atomic E-state index is 11.1. The van der Waals surface area contributed by atoms with Crippen molar-refractivity contribution in [3.05, 3.63) is 28.2 Å². The molecule has 5 heteroatoms. The number of hydrogen-bond acceptors (Lipinski definition) is 4. The third-order valence-electron chi connectivity index (χ3n) is 1.30. The zero-order valence-electron chi connectivity index (χ0n) is 7.63. The number of H-pyrrole nitrogens is 1. The van der Waals surface area contributed by atoms with Gasteiger partial charge in [0.25, 0.3) is 5.56 Å². The van der Waals surface area contributed by atoms with Crippen LogP contribution in [0.3, 0.4) is 0 Å². The van der Waals surface area contributed by atoms with E-state index in [-0.39, 0.29) is 5.56 Å². The second-order valence-corrected chi connectivity index (χ2v) is 3.75. The fourth-order valence-electron chi connectivity index (χ4n) is 0.635. The average molecular weight is 197 g/mol. The molecule has 0 amide bonds. The van der Waals surface area contributed by atoms with Crippen LogP contribution in [0.15, 0.2) is 22.1 Å². The summed E-state index contributed by atoms with van der Waals surface area (Å²) in [7, 11) is 0. The summed E-state index contributed by atoms with van der Waals surface area (Å²) in [5.41, 5.74) is 1.24. The number of aryl methyl sites for hydroxylation is 1. The predicted molar refractivity (Wildman–Crippen MR) is 52.9 cm³/mol. The Bertz CT molecular complexity index is 372. The van der Waals surface area contributed by atoms with Crippen molar-refractivity contribution in [2.24, 2.45) is 0 Å². The Morgan fingerprint density at radius 2 is 2.31 bits per heavy atom. The molecule has 70 valence electrons. The molecule has 0 saturated heterocycles. The smallest absolute Gasteiger partial charge is 0.273 e. The van der Waals surface area contributed by atoms with Gasteiger partial charge in [0.15, 0.2) is 5.16 Å². The highest BCUT2D eigenvalue weighted by Gasteiger charge is 2.00. The van der Waals surface area contributed by atoms with Gasteiger partial charge in [0.2, 0.25) is 0 Å². The first kappa shape index (κ1) is 9.98. The van der Waals surface area contributed by atoms with E-state index in [1.165, 1.54) is 11.8 Å². The zero-order valence-corrected chi connectivity index (χ0v) is 8.44. The van der Waals surface area contributed by atoms with Crippen molar-refractivity contribution < 1.29 is 0 Å². The van der Waals surface area contributed by atoms with Gasteiger partial charge in [0.1, 0.15) is 5.69 Å². The number of aromatic nitrogens is 3. The van der Waals surface area contributed by atoms with Crippen LogP contribution in [-0.4, -0.2) is 20.9 Å². The highest BCUT2D eigenvalue weighted by molar-refractivity contribution is 7.99. The molecule has 0 aliphatic rings. The summed E-state index contributed by atoms with van der Waals surface area (Å²) in [6.45, 7) is 7.30. The van der Waals surface area contributed by atoms with Gasteiger partial charge in [-0.25, -0.2) is 0 Å². The summed E-state index contributed by atoms with van der Waals surface area (Å²) < 4.78 is 0.